The minimum absolute atomic E-state index is 0.105. The number of hydrogen-bond donors (Lipinski definition) is 1. The maximum absolute atomic E-state index is 13.5. The summed E-state index contributed by atoms with van der Waals surface area (Å²) in [6.45, 7) is 0. The van der Waals surface area contributed by atoms with E-state index in [0.29, 0.717) is 17.0 Å². The molecule has 28 heavy (non-hydrogen) atoms. The maximum atomic E-state index is 13.5. The molecule has 0 fully saturated rings. The van der Waals surface area contributed by atoms with E-state index in [0.717, 1.165) is 9.86 Å². The highest BCUT2D eigenvalue weighted by atomic mass is 79.9. The lowest BCUT2D eigenvalue weighted by Gasteiger charge is -2.07. The van der Waals surface area contributed by atoms with Crippen LogP contribution in [0.1, 0.15) is 10.4 Å². The molecule has 0 saturated heterocycles. The van der Waals surface area contributed by atoms with Crippen molar-refractivity contribution >= 4 is 44.2 Å². The summed E-state index contributed by atoms with van der Waals surface area (Å²) in [7, 11) is 0. The van der Waals surface area contributed by atoms with Crippen LogP contribution in [0.3, 0.4) is 0 Å². The Bertz CT molecular complexity index is 1240. The van der Waals surface area contributed by atoms with Crippen molar-refractivity contribution in [3.8, 4) is 0 Å². The molecule has 1 N–H and O–H groups in total. The maximum Gasteiger partial charge on any atom is 0.261 e. The van der Waals surface area contributed by atoms with E-state index in [4.69, 9.17) is 4.42 Å². The number of para-hydroxylation sites is 1. The van der Waals surface area contributed by atoms with Gasteiger partial charge in [-0.15, -0.1) is 0 Å². The van der Waals surface area contributed by atoms with Gasteiger partial charge >= 0.3 is 0 Å². The summed E-state index contributed by atoms with van der Waals surface area (Å²) in [4.78, 5) is 17.3. The van der Waals surface area contributed by atoms with Gasteiger partial charge in [0.2, 0.25) is 5.55 Å². The standard InChI is InChI=1S/C22H14BrFN2O2/c23-15-9-10-20-14(11-15)12-19(21(27)25-17-6-2-1-3-7-17)22(28-20)26-18-8-4-5-16(24)13-18/h1-13H,(H,25,27). The second-order valence-corrected chi connectivity index (χ2v) is 6.97. The van der Waals surface area contributed by atoms with E-state index < -0.39 is 5.82 Å². The molecule has 1 aromatic heterocycles. The zero-order valence-electron chi connectivity index (χ0n) is 14.5. The predicted octanol–water partition coefficient (Wildman–Crippen LogP) is 5.82. The molecule has 4 aromatic rings. The summed E-state index contributed by atoms with van der Waals surface area (Å²) in [5.41, 5.74) is 1.93. The second kappa shape index (κ2) is 7.78. The van der Waals surface area contributed by atoms with Gasteiger partial charge in [-0.25, -0.2) is 9.38 Å². The van der Waals surface area contributed by atoms with Gasteiger partial charge in [0.15, 0.2) is 0 Å². The van der Waals surface area contributed by atoms with E-state index in [1.807, 2.05) is 30.3 Å². The molecule has 0 unspecified atom stereocenters. The molecular weight excluding hydrogens is 423 g/mol. The quantitative estimate of drug-likeness (QED) is 0.439. The first-order valence-corrected chi connectivity index (χ1v) is 9.28. The van der Waals surface area contributed by atoms with E-state index in [9.17, 15) is 9.18 Å². The molecule has 4 rings (SSSR count). The van der Waals surface area contributed by atoms with Gasteiger partial charge in [-0.1, -0.05) is 40.2 Å². The molecular formula is C22H14BrFN2O2. The zero-order chi connectivity index (χ0) is 19.5. The Hall–Kier alpha value is -3.25. The van der Waals surface area contributed by atoms with Crippen LogP contribution in [-0.2, 0) is 0 Å². The van der Waals surface area contributed by atoms with Gasteiger partial charge in [0.05, 0.1) is 5.69 Å². The molecule has 0 bridgehead atoms. The van der Waals surface area contributed by atoms with Crippen molar-refractivity contribution in [1.82, 2.24) is 0 Å². The molecule has 3 aromatic carbocycles. The molecule has 0 atom stereocenters. The highest BCUT2D eigenvalue weighted by Gasteiger charge is 2.13. The number of anilines is 1. The van der Waals surface area contributed by atoms with Crippen LogP contribution >= 0.6 is 15.9 Å². The smallest absolute Gasteiger partial charge is 0.261 e. The number of carbonyl (C=O) groups is 1. The monoisotopic (exact) mass is 436 g/mol. The summed E-state index contributed by atoms with van der Waals surface area (Å²) < 4.78 is 20.3. The van der Waals surface area contributed by atoms with Gasteiger partial charge in [0.1, 0.15) is 17.0 Å². The average molecular weight is 437 g/mol. The van der Waals surface area contributed by atoms with Crippen LogP contribution in [0.4, 0.5) is 15.8 Å². The van der Waals surface area contributed by atoms with Crippen LogP contribution in [0.15, 0.2) is 92.7 Å². The second-order valence-electron chi connectivity index (χ2n) is 6.06. The Labute approximate surface area is 168 Å². The number of halogens is 2. The largest absolute Gasteiger partial charge is 0.438 e. The minimum Gasteiger partial charge on any atom is -0.438 e. The first kappa shape index (κ1) is 18.1. The Morgan fingerprint density at radius 1 is 0.964 bits per heavy atom. The van der Waals surface area contributed by atoms with Crippen LogP contribution in [0, 0.1) is 5.82 Å². The molecule has 0 spiro atoms. The van der Waals surface area contributed by atoms with Crippen LogP contribution in [0.5, 0.6) is 0 Å². The summed E-state index contributed by atoms with van der Waals surface area (Å²) in [5, 5.41) is 3.57. The number of nitrogens with zero attached hydrogens (tertiary/aromatic N) is 1. The van der Waals surface area contributed by atoms with Crippen molar-refractivity contribution in [3.05, 3.63) is 100 Å². The van der Waals surface area contributed by atoms with Crippen molar-refractivity contribution < 1.29 is 13.6 Å². The summed E-state index contributed by atoms with van der Waals surface area (Å²) in [5.74, 6) is -0.784. The SMILES string of the molecule is O=C(Nc1ccccc1)c1cc2cc(Br)ccc2oc1=Nc1cccc(F)c1. The number of hydrogen-bond acceptors (Lipinski definition) is 3. The lowest BCUT2D eigenvalue weighted by atomic mass is 10.1. The molecule has 6 heteroatoms. The number of amides is 1. The van der Waals surface area contributed by atoms with E-state index in [-0.39, 0.29) is 17.0 Å². The molecule has 138 valence electrons. The molecule has 0 radical (unpaired) electrons. The number of nitrogens with one attached hydrogen (secondary N) is 1. The third-order valence-corrected chi connectivity index (χ3v) is 4.52. The van der Waals surface area contributed by atoms with Crippen LogP contribution in [-0.4, -0.2) is 5.91 Å². The van der Waals surface area contributed by atoms with Crippen molar-refractivity contribution in [3.63, 3.8) is 0 Å². The topological polar surface area (TPSA) is 54.6 Å². The Kier molecular flexibility index (Phi) is 5.04. The minimum atomic E-state index is -0.416. The van der Waals surface area contributed by atoms with Gasteiger partial charge in [0, 0.05) is 15.5 Å². The highest BCUT2D eigenvalue weighted by molar-refractivity contribution is 9.10. The fraction of sp³-hybridized carbons (Fsp3) is 0. The van der Waals surface area contributed by atoms with E-state index in [2.05, 4.69) is 26.2 Å². The third kappa shape index (κ3) is 4.02. The van der Waals surface area contributed by atoms with Crippen molar-refractivity contribution in [2.75, 3.05) is 5.32 Å². The van der Waals surface area contributed by atoms with Crippen LogP contribution < -0.4 is 10.9 Å². The molecule has 1 heterocycles. The summed E-state index contributed by atoms with van der Waals surface area (Å²) in [6.07, 6.45) is 0. The molecule has 0 aliphatic heterocycles. The normalized spacial score (nSPS) is 11.6. The Morgan fingerprint density at radius 2 is 1.79 bits per heavy atom. The lowest BCUT2D eigenvalue weighted by Crippen LogP contribution is -2.21. The van der Waals surface area contributed by atoms with Gasteiger partial charge in [0.25, 0.3) is 5.91 Å². The Morgan fingerprint density at radius 3 is 2.57 bits per heavy atom. The molecule has 1 amide bonds. The van der Waals surface area contributed by atoms with Crippen molar-refractivity contribution in [2.45, 2.75) is 0 Å². The van der Waals surface area contributed by atoms with E-state index >= 15 is 0 Å². The van der Waals surface area contributed by atoms with E-state index in [1.54, 1.807) is 36.4 Å². The fourth-order valence-electron chi connectivity index (χ4n) is 2.73. The molecule has 0 aliphatic carbocycles. The average Bonchev–Trinajstić information content (AvgIpc) is 2.68. The van der Waals surface area contributed by atoms with Crippen molar-refractivity contribution in [1.29, 1.82) is 0 Å². The zero-order valence-corrected chi connectivity index (χ0v) is 16.1. The fourth-order valence-corrected chi connectivity index (χ4v) is 3.11. The third-order valence-electron chi connectivity index (χ3n) is 4.02. The first-order chi connectivity index (χ1) is 13.6. The molecule has 0 aliphatic rings. The summed E-state index contributed by atoms with van der Waals surface area (Å²) in [6, 6.07) is 22.1. The van der Waals surface area contributed by atoms with Crippen molar-refractivity contribution in [2.24, 2.45) is 4.99 Å². The molecule has 4 nitrogen and oxygen atoms in total. The molecule has 0 saturated carbocycles. The Balaban J connectivity index is 1.87. The van der Waals surface area contributed by atoms with Gasteiger partial charge in [-0.3, -0.25) is 4.79 Å². The number of benzene rings is 3. The number of rotatable bonds is 3. The van der Waals surface area contributed by atoms with Gasteiger partial charge < -0.3 is 9.73 Å². The van der Waals surface area contributed by atoms with Gasteiger partial charge in [-0.2, -0.15) is 0 Å². The highest BCUT2D eigenvalue weighted by Crippen LogP contribution is 2.21. The number of fused-ring (bicyclic) bond motifs is 1. The predicted molar refractivity (Wildman–Crippen MR) is 110 cm³/mol. The van der Waals surface area contributed by atoms with Crippen LogP contribution in [0.25, 0.3) is 11.0 Å². The summed E-state index contributed by atoms with van der Waals surface area (Å²) >= 11 is 3.42. The van der Waals surface area contributed by atoms with Gasteiger partial charge in [-0.05, 0) is 54.6 Å². The van der Waals surface area contributed by atoms with E-state index in [1.165, 1.54) is 12.1 Å². The van der Waals surface area contributed by atoms with Crippen LogP contribution in [0.2, 0.25) is 0 Å². The number of carbonyl (C=O) groups excluding carboxylic acids is 1. The lowest BCUT2D eigenvalue weighted by molar-refractivity contribution is 0.102. The first-order valence-electron chi connectivity index (χ1n) is 8.48.